The van der Waals surface area contributed by atoms with E-state index < -0.39 is 23.9 Å². The molecule has 0 unspecified atom stereocenters. The van der Waals surface area contributed by atoms with Crippen LogP contribution < -0.4 is 38.7 Å². The van der Waals surface area contributed by atoms with E-state index in [9.17, 15) is 19.2 Å². The molecule has 0 spiro atoms. The lowest BCUT2D eigenvalue weighted by atomic mass is 10.0. The second-order valence-corrected chi connectivity index (χ2v) is 10.2. The lowest BCUT2D eigenvalue weighted by Gasteiger charge is -2.18. The van der Waals surface area contributed by atoms with Crippen molar-refractivity contribution in [2.75, 3.05) is 11.1 Å². The summed E-state index contributed by atoms with van der Waals surface area (Å²) in [6, 6.07) is 9.03. The molecule has 42 heavy (non-hydrogen) atoms. The second-order valence-electron chi connectivity index (χ2n) is 10.2. The zero-order valence-electron chi connectivity index (χ0n) is 24.1. The third kappa shape index (κ3) is 7.71. The summed E-state index contributed by atoms with van der Waals surface area (Å²) in [6.07, 6.45) is 2.18. The van der Waals surface area contributed by atoms with Crippen molar-refractivity contribution >= 4 is 35.1 Å². The predicted octanol–water partition coefficient (Wildman–Crippen LogP) is 1.54. The largest absolute Gasteiger partial charge is 0.399 e. The fourth-order valence-corrected chi connectivity index (χ4v) is 4.11. The molecule has 3 aromatic rings. The molecule has 0 bridgehead atoms. The molecule has 1 atom stereocenters. The number of anilines is 2. The van der Waals surface area contributed by atoms with E-state index in [1.807, 2.05) is 27.7 Å². The van der Waals surface area contributed by atoms with Crippen LogP contribution in [0.5, 0.6) is 0 Å². The third-order valence-electron chi connectivity index (χ3n) is 6.45. The highest BCUT2D eigenvalue weighted by Crippen LogP contribution is 2.24. The molecule has 10 N–H and O–H groups in total. The normalized spacial score (nSPS) is 11.5. The van der Waals surface area contributed by atoms with E-state index in [-0.39, 0.29) is 47.4 Å². The summed E-state index contributed by atoms with van der Waals surface area (Å²) in [4.78, 5) is 55.7. The van der Waals surface area contributed by atoms with E-state index in [1.54, 1.807) is 24.3 Å². The summed E-state index contributed by atoms with van der Waals surface area (Å²) in [7, 11) is 0. The molecule has 13 heteroatoms. The number of nitrogen functional groups attached to an aromatic ring is 2. The number of aromatic nitrogens is 2. The quantitative estimate of drug-likeness (QED) is 0.0950. The molecular weight excluding hydrogens is 538 g/mol. The van der Waals surface area contributed by atoms with E-state index in [0.717, 1.165) is 6.42 Å². The number of benzene rings is 2. The van der Waals surface area contributed by atoms with Crippen LogP contribution in [0.15, 0.2) is 47.4 Å². The van der Waals surface area contributed by atoms with Crippen LogP contribution in [0.25, 0.3) is 11.3 Å². The number of nitrogens with one attached hydrogen (secondary N) is 4. The number of hydrogen-bond acceptors (Lipinski definition) is 8. The number of amides is 3. The van der Waals surface area contributed by atoms with Gasteiger partial charge in [-0.25, -0.2) is 4.98 Å². The SMILES string of the molecule is CC[C@@H](C)NC(=O)c1cc(N)cc(-c2cnc(NC(C)C)c(=O)n2CC(=O)NCc2ccc(C(=N)N)cc2C(N)=O)c1. The van der Waals surface area contributed by atoms with Gasteiger partial charge in [-0.05, 0) is 57.0 Å². The molecule has 0 aliphatic carbocycles. The molecule has 0 fully saturated rings. The van der Waals surface area contributed by atoms with Gasteiger partial charge in [-0.1, -0.05) is 19.1 Å². The first-order valence-corrected chi connectivity index (χ1v) is 13.4. The number of nitrogens with zero attached hydrogens (tertiary/aromatic N) is 2. The average molecular weight is 576 g/mol. The molecule has 0 saturated heterocycles. The summed E-state index contributed by atoms with van der Waals surface area (Å²) >= 11 is 0. The fourth-order valence-electron chi connectivity index (χ4n) is 4.11. The number of hydrogen-bond donors (Lipinski definition) is 7. The Morgan fingerprint density at radius 3 is 2.38 bits per heavy atom. The summed E-state index contributed by atoms with van der Waals surface area (Å²) in [5.41, 5.74) is 18.7. The van der Waals surface area contributed by atoms with Crippen LogP contribution in [-0.2, 0) is 17.9 Å². The number of primary amides is 1. The topological polar surface area (TPSA) is 224 Å². The maximum atomic E-state index is 13.5. The monoisotopic (exact) mass is 575 g/mol. The van der Waals surface area contributed by atoms with E-state index in [2.05, 4.69) is 20.9 Å². The van der Waals surface area contributed by atoms with Gasteiger partial charge in [0.25, 0.3) is 11.5 Å². The highest BCUT2D eigenvalue weighted by Gasteiger charge is 2.19. The van der Waals surface area contributed by atoms with Crippen LogP contribution in [0.4, 0.5) is 11.5 Å². The van der Waals surface area contributed by atoms with Gasteiger partial charge in [0.15, 0.2) is 5.82 Å². The Morgan fingerprint density at radius 2 is 1.76 bits per heavy atom. The zero-order chi connectivity index (χ0) is 31.1. The molecule has 0 radical (unpaired) electrons. The molecule has 1 heterocycles. The number of carbonyl (C=O) groups is 3. The minimum Gasteiger partial charge on any atom is -0.399 e. The van der Waals surface area contributed by atoms with Gasteiger partial charge < -0.3 is 33.2 Å². The molecule has 13 nitrogen and oxygen atoms in total. The maximum absolute atomic E-state index is 13.5. The number of amidine groups is 1. The lowest BCUT2D eigenvalue weighted by molar-refractivity contribution is -0.121. The lowest BCUT2D eigenvalue weighted by Crippen LogP contribution is -2.35. The summed E-state index contributed by atoms with van der Waals surface area (Å²) in [6.45, 7) is 7.06. The first-order valence-electron chi connectivity index (χ1n) is 13.4. The first kappa shape index (κ1) is 31.3. The molecule has 3 rings (SSSR count). The number of carbonyl (C=O) groups excluding carboxylic acids is 3. The molecular formula is C29H37N9O4. The van der Waals surface area contributed by atoms with Gasteiger partial charge in [0, 0.05) is 46.6 Å². The van der Waals surface area contributed by atoms with Crippen LogP contribution in [0, 0.1) is 5.41 Å². The van der Waals surface area contributed by atoms with Crippen molar-refractivity contribution in [1.82, 2.24) is 20.2 Å². The second kappa shape index (κ2) is 13.4. The van der Waals surface area contributed by atoms with Gasteiger partial charge in [0.2, 0.25) is 11.8 Å². The van der Waals surface area contributed by atoms with Crippen LogP contribution in [0.3, 0.4) is 0 Å². The Balaban J connectivity index is 1.98. The number of rotatable bonds is 12. The predicted molar refractivity (Wildman–Crippen MR) is 162 cm³/mol. The Kier molecular flexibility index (Phi) is 10.0. The van der Waals surface area contributed by atoms with Crippen LogP contribution >= 0.6 is 0 Å². The molecule has 1 aromatic heterocycles. The molecule has 222 valence electrons. The van der Waals surface area contributed by atoms with Crippen molar-refractivity contribution in [1.29, 1.82) is 5.41 Å². The van der Waals surface area contributed by atoms with Crippen molar-refractivity contribution in [3.63, 3.8) is 0 Å². The summed E-state index contributed by atoms with van der Waals surface area (Å²) in [5.74, 6) is -1.78. The van der Waals surface area contributed by atoms with Crippen LogP contribution in [0.1, 0.15) is 66.0 Å². The van der Waals surface area contributed by atoms with Crippen LogP contribution in [-0.4, -0.2) is 45.2 Å². The minimum absolute atomic E-state index is 0.0519. The van der Waals surface area contributed by atoms with Gasteiger partial charge in [-0.3, -0.25) is 29.2 Å². The van der Waals surface area contributed by atoms with E-state index in [1.165, 1.54) is 22.9 Å². The zero-order valence-corrected chi connectivity index (χ0v) is 24.1. The van der Waals surface area contributed by atoms with Crippen LogP contribution in [0.2, 0.25) is 0 Å². The van der Waals surface area contributed by atoms with Crippen molar-refractivity contribution in [2.45, 2.75) is 59.3 Å². The van der Waals surface area contributed by atoms with Gasteiger partial charge in [0.05, 0.1) is 11.9 Å². The molecule has 3 amide bonds. The Morgan fingerprint density at radius 1 is 1.05 bits per heavy atom. The average Bonchev–Trinajstić information content (AvgIpc) is 2.93. The number of nitrogens with two attached hydrogens (primary N) is 3. The highest BCUT2D eigenvalue weighted by molar-refractivity contribution is 6.00. The molecule has 0 aliphatic heterocycles. The fraction of sp³-hybridized carbons (Fsp3) is 0.310. The van der Waals surface area contributed by atoms with Gasteiger partial charge in [0.1, 0.15) is 12.4 Å². The third-order valence-corrected chi connectivity index (χ3v) is 6.45. The van der Waals surface area contributed by atoms with E-state index in [0.29, 0.717) is 27.9 Å². The van der Waals surface area contributed by atoms with Crippen molar-refractivity contribution in [3.05, 3.63) is 75.2 Å². The Labute approximate surface area is 243 Å². The maximum Gasteiger partial charge on any atom is 0.294 e. The summed E-state index contributed by atoms with van der Waals surface area (Å²) in [5, 5.41) is 16.2. The first-order chi connectivity index (χ1) is 19.8. The molecule has 0 aliphatic rings. The standard InChI is InChI=1S/C29H37N9O4/c1-5-16(4)37-28(41)20-8-19(9-21(30)10-20)23-13-35-27(36-15(2)3)29(42)38(23)14-24(39)34-12-18-7-6-17(25(31)32)11-22(18)26(33)40/h6-11,13,15-16H,5,12,14,30H2,1-4H3,(H3,31,32)(H2,33,40)(H,34,39)(H,35,36)(H,37,41)/t16-/m1/s1. The minimum atomic E-state index is -0.741. The van der Waals surface area contributed by atoms with E-state index >= 15 is 0 Å². The van der Waals surface area contributed by atoms with Gasteiger partial charge in [-0.2, -0.15) is 0 Å². The van der Waals surface area contributed by atoms with Crippen molar-refractivity contribution < 1.29 is 14.4 Å². The highest BCUT2D eigenvalue weighted by atomic mass is 16.2. The van der Waals surface area contributed by atoms with Crippen molar-refractivity contribution in [2.24, 2.45) is 11.5 Å². The summed E-state index contributed by atoms with van der Waals surface area (Å²) < 4.78 is 1.24. The molecule has 0 saturated carbocycles. The van der Waals surface area contributed by atoms with Gasteiger partial charge >= 0.3 is 0 Å². The Hall–Kier alpha value is -5.20. The molecule has 2 aromatic carbocycles. The van der Waals surface area contributed by atoms with E-state index in [4.69, 9.17) is 22.6 Å². The smallest absolute Gasteiger partial charge is 0.294 e. The van der Waals surface area contributed by atoms with Crippen molar-refractivity contribution in [3.8, 4) is 11.3 Å². The van der Waals surface area contributed by atoms with Gasteiger partial charge in [-0.15, -0.1) is 0 Å². The Bertz CT molecular complexity index is 1580.